The molecule has 0 radical (unpaired) electrons. The number of nitrogens with zero attached hydrogens (tertiary/aromatic N) is 1. The molecule has 4 atom stereocenters. The molecule has 1 aromatic rings. The second kappa shape index (κ2) is 7.31. The van der Waals surface area contributed by atoms with E-state index >= 15 is 0 Å². The van der Waals surface area contributed by atoms with Gasteiger partial charge in [0.1, 0.15) is 5.82 Å². The summed E-state index contributed by atoms with van der Waals surface area (Å²) in [7, 11) is 0. The Balaban J connectivity index is 2.33. The Labute approximate surface area is 125 Å². The summed E-state index contributed by atoms with van der Waals surface area (Å²) in [6.07, 6.45) is 0.520. The number of aliphatic hydroxyl groups excluding tert-OH is 1. The van der Waals surface area contributed by atoms with E-state index in [1.807, 2.05) is 19.9 Å². The average Bonchev–Trinajstić information content (AvgIpc) is 2.50. The molecule has 4 nitrogen and oxygen atoms in total. The summed E-state index contributed by atoms with van der Waals surface area (Å²) in [5.74, 6) is -0.231. The lowest BCUT2D eigenvalue weighted by molar-refractivity contribution is -0.0952. The fraction of sp³-hybridized carbons (Fsp3) is 0.625. The number of benzene rings is 1. The number of rotatable bonds is 5. The van der Waals surface area contributed by atoms with Crippen molar-refractivity contribution in [1.29, 1.82) is 0 Å². The molecule has 5 heteroatoms. The van der Waals surface area contributed by atoms with Crippen molar-refractivity contribution >= 4 is 0 Å². The van der Waals surface area contributed by atoms with E-state index in [9.17, 15) is 9.50 Å². The van der Waals surface area contributed by atoms with Gasteiger partial charge in [-0.05, 0) is 19.4 Å². The summed E-state index contributed by atoms with van der Waals surface area (Å²) in [6, 6.07) is 6.56. The molecule has 0 amide bonds. The number of ether oxygens (including phenoxy) is 1. The summed E-state index contributed by atoms with van der Waals surface area (Å²) in [5, 5.41) is 9.34. The Kier molecular flexibility index (Phi) is 5.70. The van der Waals surface area contributed by atoms with E-state index in [0.717, 1.165) is 6.42 Å². The van der Waals surface area contributed by atoms with Gasteiger partial charge in [0.05, 0.1) is 25.4 Å². The first-order chi connectivity index (χ1) is 10.1. The molecular formula is C16H25FN2O2. The van der Waals surface area contributed by atoms with Crippen molar-refractivity contribution < 1.29 is 14.2 Å². The van der Waals surface area contributed by atoms with Crippen LogP contribution in [0.2, 0.25) is 0 Å². The predicted octanol–water partition coefficient (Wildman–Crippen LogP) is 1.69. The van der Waals surface area contributed by atoms with Crippen LogP contribution >= 0.6 is 0 Å². The molecule has 1 aromatic carbocycles. The first-order valence-corrected chi connectivity index (χ1v) is 7.56. The number of hydrogen-bond donors (Lipinski definition) is 2. The highest BCUT2D eigenvalue weighted by atomic mass is 19.1. The molecule has 0 saturated carbocycles. The molecule has 1 fully saturated rings. The van der Waals surface area contributed by atoms with Crippen LogP contribution in [-0.2, 0) is 4.74 Å². The molecule has 21 heavy (non-hydrogen) atoms. The fourth-order valence-corrected chi connectivity index (χ4v) is 2.93. The lowest BCUT2D eigenvalue weighted by Gasteiger charge is -2.44. The molecule has 0 bridgehead atoms. The fourth-order valence-electron chi connectivity index (χ4n) is 2.93. The third-order valence-electron chi connectivity index (χ3n) is 4.22. The van der Waals surface area contributed by atoms with Gasteiger partial charge in [0.15, 0.2) is 0 Å². The molecule has 118 valence electrons. The lowest BCUT2D eigenvalue weighted by atomic mass is 9.93. The van der Waals surface area contributed by atoms with Gasteiger partial charge >= 0.3 is 0 Å². The minimum atomic E-state index is -0.237. The number of hydrogen-bond acceptors (Lipinski definition) is 4. The van der Waals surface area contributed by atoms with Gasteiger partial charge < -0.3 is 15.6 Å². The Morgan fingerprint density at radius 1 is 1.48 bits per heavy atom. The lowest BCUT2D eigenvalue weighted by Crippen LogP contribution is -2.54. The molecular weight excluding hydrogens is 271 g/mol. The van der Waals surface area contributed by atoms with E-state index < -0.39 is 0 Å². The zero-order chi connectivity index (χ0) is 15.4. The van der Waals surface area contributed by atoms with Crippen LogP contribution in [0.15, 0.2) is 24.3 Å². The summed E-state index contributed by atoms with van der Waals surface area (Å²) < 4.78 is 19.8. The van der Waals surface area contributed by atoms with Gasteiger partial charge in [-0.3, -0.25) is 4.90 Å². The normalized spacial score (nSPS) is 26.5. The smallest absolute Gasteiger partial charge is 0.128 e. The Bertz CT molecular complexity index is 458. The molecule has 3 N–H and O–H groups in total. The minimum Gasteiger partial charge on any atom is -0.394 e. The van der Waals surface area contributed by atoms with E-state index in [0.29, 0.717) is 18.7 Å². The highest BCUT2D eigenvalue weighted by molar-refractivity contribution is 5.23. The molecule has 2 rings (SSSR count). The number of morpholine rings is 1. The van der Waals surface area contributed by atoms with Crippen LogP contribution in [-0.4, -0.2) is 48.0 Å². The van der Waals surface area contributed by atoms with Gasteiger partial charge in [-0.1, -0.05) is 25.1 Å². The van der Waals surface area contributed by atoms with Crippen LogP contribution in [0.1, 0.15) is 31.9 Å². The molecule has 1 heterocycles. The highest BCUT2D eigenvalue weighted by Crippen LogP contribution is 2.31. The van der Waals surface area contributed by atoms with Gasteiger partial charge in [0.2, 0.25) is 0 Å². The zero-order valence-corrected chi connectivity index (χ0v) is 12.7. The van der Waals surface area contributed by atoms with Gasteiger partial charge in [0.25, 0.3) is 0 Å². The SMILES string of the molecule is CCC(N)C(c1ccccc1F)N1CC(CO)OCC1C. The molecule has 0 aromatic heterocycles. The second-order valence-electron chi connectivity index (χ2n) is 5.72. The first kappa shape index (κ1) is 16.4. The maximum absolute atomic E-state index is 14.2. The standard InChI is InChI=1S/C16H25FN2O2/c1-3-15(18)16(13-6-4-5-7-14(13)17)19-8-12(9-20)21-10-11(19)2/h4-7,11-12,15-16,20H,3,8-10,18H2,1-2H3. The zero-order valence-electron chi connectivity index (χ0n) is 12.7. The number of aliphatic hydroxyl groups is 1. The number of halogens is 1. The quantitative estimate of drug-likeness (QED) is 0.868. The average molecular weight is 296 g/mol. The molecule has 4 unspecified atom stereocenters. The third-order valence-corrected chi connectivity index (χ3v) is 4.22. The van der Waals surface area contributed by atoms with E-state index in [4.69, 9.17) is 10.5 Å². The van der Waals surface area contributed by atoms with Gasteiger partial charge in [-0.25, -0.2) is 4.39 Å². The molecule has 0 spiro atoms. The van der Waals surface area contributed by atoms with Crippen molar-refractivity contribution in [2.24, 2.45) is 5.73 Å². The Morgan fingerprint density at radius 3 is 2.81 bits per heavy atom. The van der Waals surface area contributed by atoms with Gasteiger partial charge in [-0.2, -0.15) is 0 Å². The van der Waals surface area contributed by atoms with Crippen LogP contribution < -0.4 is 5.73 Å². The van der Waals surface area contributed by atoms with Crippen molar-refractivity contribution in [3.63, 3.8) is 0 Å². The summed E-state index contributed by atoms with van der Waals surface area (Å²) in [4.78, 5) is 2.16. The van der Waals surface area contributed by atoms with Crippen LogP contribution in [0.3, 0.4) is 0 Å². The van der Waals surface area contributed by atoms with E-state index in [1.54, 1.807) is 12.1 Å². The van der Waals surface area contributed by atoms with Gasteiger partial charge in [-0.15, -0.1) is 0 Å². The van der Waals surface area contributed by atoms with Crippen molar-refractivity contribution in [3.8, 4) is 0 Å². The van der Waals surface area contributed by atoms with Crippen LogP contribution in [0, 0.1) is 5.82 Å². The predicted molar refractivity (Wildman–Crippen MR) is 80.4 cm³/mol. The molecule has 1 saturated heterocycles. The van der Waals surface area contributed by atoms with Crippen molar-refractivity contribution in [1.82, 2.24) is 4.90 Å². The van der Waals surface area contributed by atoms with Crippen LogP contribution in [0.5, 0.6) is 0 Å². The van der Waals surface area contributed by atoms with Crippen LogP contribution in [0.4, 0.5) is 4.39 Å². The highest BCUT2D eigenvalue weighted by Gasteiger charge is 2.35. The van der Waals surface area contributed by atoms with E-state index in [1.165, 1.54) is 6.07 Å². The topological polar surface area (TPSA) is 58.7 Å². The van der Waals surface area contributed by atoms with E-state index in [-0.39, 0.29) is 36.7 Å². The molecule has 1 aliphatic heterocycles. The van der Waals surface area contributed by atoms with Crippen molar-refractivity contribution in [3.05, 3.63) is 35.6 Å². The molecule has 0 aliphatic carbocycles. The second-order valence-corrected chi connectivity index (χ2v) is 5.72. The van der Waals surface area contributed by atoms with Crippen molar-refractivity contribution in [2.75, 3.05) is 19.8 Å². The van der Waals surface area contributed by atoms with Crippen molar-refractivity contribution in [2.45, 2.75) is 44.5 Å². The minimum absolute atomic E-state index is 0.0332. The summed E-state index contributed by atoms with van der Waals surface area (Å²) in [5.41, 5.74) is 6.91. The van der Waals surface area contributed by atoms with E-state index in [2.05, 4.69) is 4.90 Å². The summed E-state index contributed by atoms with van der Waals surface area (Å²) in [6.45, 7) is 5.10. The Hall–Kier alpha value is -1.01. The maximum Gasteiger partial charge on any atom is 0.128 e. The maximum atomic E-state index is 14.2. The third kappa shape index (κ3) is 3.61. The van der Waals surface area contributed by atoms with Crippen LogP contribution in [0.25, 0.3) is 0 Å². The first-order valence-electron chi connectivity index (χ1n) is 7.56. The summed E-state index contributed by atoms with van der Waals surface area (Å²) >= 11 is 0. The largest absolute Gasteiger partial charge is 0.394 e. The molecule has 1 aliphatic rings. The monoisotopic (exact) mass is 296 g/mol. The van der Waals surface area contributed by atoms with Gasteiger partial charge in [0, 0.05) is 24.2 Å². The number of nitrogens with two attached hydrogens (primary N) is 1. The Morgan fingerprint density at radius 2 is 2.19 bits per heavy atom.